The molecule has 0 aromatic heterocycles. The largest absolute Gasteiger partial charge is 0.449 e. The fourth-order valence-corrected chi connectivity index (χ4v) is 3.82. The zero-order chi connectivity index (χ0) is 15.4. The Morgan fingerprint density at radius 2 is 1.54 bits per heavy atom. The van der Waals surface area contributed by atoms with Crippen molar-refractivity contribution in [2.75, 3.05) is 6.61 Å². The zero-order valence-corrected chi connectivity index (χ0v) is 13.7. The molecule has 1 atom stereocenters. The summed E-state index contributed by atoms with van der Waals surface area (Å²) in [7, 11) is 0. The Labute approximate surface area is 145 Å². The molecule has 120 valence electrons. The monoisotopic (exact) mass is 337 g/mol. The number of halogens is 1. The molecule has 3 nitrogen and oxygen atoms in total. The molecule has 1 heterocycles. The van der Waals surface area contributed by atoms with Crippen molar-refractivity contribution in [2.24, 2.45) is 0 Å². The highest BCUT2D eigenvalue weighted by atomic mass is 35.5. The fourth-order valence-electron chi connectivity index (χ4n) is 3.82. The number of ether oxygens (including phenoxy) is 1. The van der Waals surface area contributed by atoms with E-state index in [9.17, 15) is 4.79 Å². The normalized spacial score (nSPS) is 17.7. The highest BCUT2D eigenvalue weighted by molar-refractivity contribution is 6.23. The molecule has 1 amide bonds. The van der Waals surface area contributed by atoms with Crippen LogP contribution in [-0.2, 0) is 4.74 Å². The van der Waals surface area contributed by atoms with Gasteiger partial charge in [0, 0.05) is 6.42 Å². The van der Waals surface area contributed by atoms with Crippen LogP contribution in [0.3, 0.4) is 0 Å². The minimum absolute atomic E-state index is 0. The zero-order valence-electron chi connectivity index (χ0n) is 12.9. The maximum absolute atomic E-state index is 11.6. The van der Waals surface area contributed by atoms with Crippen molar-refractivity contribution in [1.82, 2.24) is 5.32 Å². The molecule has 0 radical (unpaired) electrons. The lowest BCUT2D eigenvalue weighted by Crippen LogP contribution is -2.35. The van der Waals surface area contributed by atoms with Crippen molar-refractivity contribution in [3.63, 3.8) is 0 Å². The standard InChI is InChI=1S/C20H15NO2.ClH/c22-20-21-17(10-11-23-20)15-8-6-14-5-4-12-2-1-3-13-7-9-16(15)19(14)18(12)13;/h1-9,17H,10-11H2,(H,21,22);1H/t17-;/m1./s1. The van der Waals surface area contributed by atoms with Crippen LogP contribution in [0.4, 0.5) is 4.79 Å². The smallest absolute Gasteiger partial charge is 0.407 e. The molecular weight excluding hydrogens is 322 g/mol. The Balaban J connectivity index is 0.00000146. The Hall–Kier alpha value is -2.52. The molecule has 4 aromatic rings. The molecule has 1 N–H and O–H groups in total. The summed E-state index contributed by atoms with van der Waals surface area (Å²) in [6.07, 6.45) is 0.474. The number of hydrogen-bond donors (Lipinski definition) is 1. The van der Waals surface area contributed by atoms with E-state index in [2.05, 4.69) is 59.9 Å². The number of nitrogens with one attached hydrogen (secondary N) is 1. The highest BCUT2D eigenvalue weighted by Gasteiger charge is 2.23. The number of amides is 1. The summed E-state index contributed by atoms with van der Waals surface area (Å²) in [5.41, 5.74) is 1.17. The third-order valence-corrected chi connectivity index (χ3v) is 4.87. The van der Waals surface area contributed by atoms with Crippen LogP contribution in [0.1, 0.15) is 18.0 Å². The van der Waals surface area contributed by atoms with E-state index in [0.717, 1.165) is 6.42 Å². The van der Waals surface area contributed by atoms with E-state index >= 15 is 0 Å². The minimum atomic E-state index is -0.327. The molecule has 4 aromatic carbocycles. The SMILES string of the molecule is Cl.O=C1N[C@@H](c2ccc3ccc4cccc5ccc2c3c45)CCO1. The van der Waals surface area contributed by atoms with Gasteiger partial charge in [-0.05, 0) is 37.9 Å². The second-order valence-electron chi connectivity index (χ2n) is 6.13. The van der Waals surface area contributed by atoms with Gasteiger partial charge in [0.05, 0.1) is 12.6 Å². The third kappa shape index (κ3) is 2.09. The average molecular weight is 338 g/mol. The molecule has 0 saturated carbocycles. The summed E-state index contributed by atoms with van der Waals surface area (Å²) in [4.78, 5) is 11.6. The molecule has 1 aliphatic rings. The van der Waals surface area contributed by atoms with Crippen LogP contribution in [-0.4, -0.2) is 12.7 Å². The molecule has 1 saturated heterocycles. The number of hydrogen-bond acceptors (Lipinski definition) is 2. The summed E-state index contributed by atoms with van der Waals surface area (Å²) in [6.45, 7) is 0.471. The molecule has 1 fully saturated rings. The van der Waals surface area contributed by atoms with E-state index in [4.69, 9.17) is 4.74 Å². The maximum Gasteiger partial charge on any atom is 0.407 e. The first-order valence-electron chi connectivity index (χ1n) is 7.91. The van der Waals surface area contributed by atoms with E-state index in [1.807, 2.05) is 0 Å². The van der Waals surface area contributed by atoms with Crippen LogP contribution in [0.2, 0.25) is 0 Å². The summed E-state index contributed by atoms with van der Waals surface area (Å²) in [5.74, 6) is 0. The lowest BCUT2D eigenvalue weighted by atomic mass is 9.89. The van der Waals surface area contributed by atoms with E-state index in [-0.39, 0.29) is 24.5 Å². The van der Waals surface area contributed by atoms with Crippen molar-refractivity contribution in [3.05, 3.63) is 60.2 Å². The Kier molecular flexibility index (Phi) is 3.47. The summed E-state index contributed by atoms with van der Waals surface area (Å²) in [6, 6.07) is 19.4. The van der Waals surface area contributed by atoms with Crippen LogP contribution in [0.5, 0.6) is 0 Å². The second kappa shape index (κ2) is 5.53. The summed E-state index contributed by atoms with van der Waals surface area (Å²) < 4.78 is 5.00. The van der Waals surface area contributed by atoms with Gasteiger partial charge in [0.1, 0.15) is 0 Å². The predicted molar refractivity (Wildman–Crippen MR) is 99.2 cm³/mol. The number of carbonyl (C=O) groups excluding carboxylic acids is 1. The number of carbonyl (C=O) groups is 1. The topological polar surface area (TPSA) is 38.3 Å². The van der Waals surface area contributed by atoms with E-state index in [0.29, 0.717) is 6.61 Å². The molecule has 0 spiro atoms. The fraction of sp³-hybridized carbons (Fsp3) is 0.150. The van der Waals surface area contributed by atoms with Crippen LogP contribution in [0, 0.1) is 0 Å². The van der Waals surface area contributed by atoms with Crippen molar-refractivity contribution in [1.29, 1.82) is 0 Å². The van der Waals surface area contributed by atoms with Gasteiger partial charge in [-0.15, -0.1) is 12.4 Å². The van der Waals surface area contributed by atoms with Gasteiger partial charge in [-0.3, -0.25) is 0 Å². The van der Waals surface area contributed by atoms with Gasteiger partial charge in [-0.2, -0.15) is 0 Å². The van der Waals surface area contributed by atoms with Gasteiger partial charge >= 0.3 is 6.09 Å². The first kappa shape index (κ1) is 15.0. The first-order chi connectivity index (χ1) is 11.3. The number of benzene rings is 4. The van der Waals surface area contributed by atoms with Gasteiger partial charge < -0.3 is 10.1 Å². The Morgan fingerprint density at radius 3 is 2.29 bits per heavy atom. The summed E-state index contributed by atoms with van der Waals surface area (Å²) >= 11 is 0. The molecule has 1 aliphatic heterocycles. The maximum atomic E-state index is 11.6. The van der Waals surface area contributed by atoms with Crippen LogP contribution in [0.25, 0.3) is 32.3 Å². The van der Waals surface area contributed by atoms with Crippen LogP contribution in [0.15, 0.2) is 54.6 Å². The van der Waals surface area contributed by atoms with Gasteiger partial charge in [0.15, 0.2) is 0 Å². The number of rotatable bonds is 1. The van der Waals surface area contributed by atoms with Crippen molar-refractivity contribution < 1.29 is 9.53 Å². The second-order valence-corrected chi connectivity index (χ2v) is 6.13. The van der Waals surface area contributed by atoms with Crippen LogP contribution < -0.4 is 5.32 Å². The lowest BCUT2D eigenvalue weighted by molar-refractivity contribution is 0.116. The van der Waals surface area contributed by atoms with Crippen molar-refractivity contribution >= 4 is 50.8 Å². The highest BCUT2D eigenvalue weighted by Crippen LogP contribution is 2.38. The molecule has 5 rings (SSSR count). The number of alkyl carbamates (subject to hydrolysis) is 1. The van der Waals surface area contributed by atoms with E-state index in [1.54, 1.807) is 0 Å². The molecule has 0 bridgehead atoms. The predicted octanol–water partition coefficient (Wildman–Crippen LogP) is 5.18. The quantitative estimate of drug-likeness (QED) is 0.486. The van der Waals surface area contributed by atoms with Crippen molar-refractivity contribution in [2.45, 2.75) is 12.5 Å². The molecule has 4 heteroatoms. The summed E-state index contributed by atoms with van der Waals surface area (Å²) in [5, 5.41) is 10.5. The van der Waals surface area contributed by atoms with E-state index in [1.165, 1.54) is 37.9 Å². The minimum Gasteiger partial charge on any atom is -0.449 e. The Bertz CT molecular complexity index is 1040. The third-order valence-electron chi connectivity index (χ3n) is 4.87. The molecule has 0 unspecified atom stereocenters. The van der Waals surface area contributed by atoms with E-state index < -0.39 is 0 Å². The van der Waals surface area contributed by atoms with Gasteiger partial charge in [0.25, 0.3) is 0 Å². The van der Waals surface area contributed by atoms with Gasteiger partial charge in [0.2, 0.25) is 0 Å². The van der Waals surface area contributed by atoms with Crippen LogP contribution >= 0.6 is 12.4 Å². The molecule has 0 aliphatic carbocycles. The Morgan fingerprint density at radius 1 is 0.875 bits per heavy atom. The molecular formula is C20H16ClNO2. The van der Waals surface area contributed by atoms with Gasteiger partial charge in [-0.1, -0.05) is 54.6 Å². The molecule has 24 heavy (non-hydrogen) atoms. The van der Waals surface area contributed by atoms with Gasteiger partial charge in [-0.25, -0.2) is 4.79 Å². The van der Waals surface area contributed by atoms with Crippen molar-refractivity contribution in [3.8, 4) is 0 Å². The lowest BCUT2D eigenvalue weighted by Gasteiger charge is -2.25. The first-order valence-corrected chi connectivity index (χ1v) is 7.91. The number of cyclic esters (lactones) is 1. The average Bonchev–Trinajstić information content (AvgIpc) is 2.59.